The van der Waals surface area contributed by atoms with Crippen LogP contribution in [0.1, 0.15) is 12.2 Å². The summed E-state index contributed by atoms with van der Waals surface area (Å²) in [7, 11) is 3.55. The fourth-order valence-electron chi connectivity index (χ4n) is 1.47. The highest BCUT2D eigenvalue weighted by atomic mass is 35.5. The molecule has 1 aromatic heterocycles. The van der Waals surface area contributed by atoms with Crippen LogP contribution < -0.4 is 0 Å². The summed E-state index contributed by atoms with van der Waals surface area (Å²) in [6.07, 6.45) is 2.14. The van der Waals surface area contributed by atoms with E-state index in [4.69, 9.17) is 21.6 Å². The molecule has 0 amide bonds. The summed E-state index contributed by atoms with van der Waals surface area (Å²) in [5.41, 5.74) is 0. The van der Waals surface area contributed by atoms with Gasteiger partial charge in [-0.1, -0.05) is 11.6 Å². The van der Waals surface area contributed by atoms with Gasteiger partial charge in [0.05, 0.1) is 25.4 Å². The Morgan fingerprint density at radius 1 is 1.59 bits per heavy atom. The Kier molecular flexibility index (Phi) is 5.98. The Balaban J connectivity index is 2.58. The fraction of sp³-hybridized carbons (Fsp3) is 0.636. The first-order chi connectivity index (χ1) is 8.19. The molecule has 0 aliphatic carbocycles. The van der Waals surface area contributed by atoms with Gasteiger partial charge in [-0.2, -0.15) is 5.26 Å². The van der Waals surface area contributed by atoms with Crippen LogP contribution in [-0.2, 0) is 18.3 Å². The van der Waals surface area contributed by atoms with Crippen LogP contribution in [-0.4, -0.2) is 41.3 Å². The first-order valence-electron chi connectivity index (χ1n) is 5.43. The summed E-state index contributed by atoms with van der Waals surface area (Å²) in [4.78, 5) is 6.37. The fourth-order valence-corrected chi connectivity index (χ4v) is 1.62. The first-order valence-corrected chi connectivity index (χ1v) is 5.81. The lowest BCUT2D eigenvalue weighted by molar-refractivity contribution is 0.143. The van der Waals surface area contributed by atoms with Gasteiger partial charge in [-0.25, -0.2) is 4.98 Å². The van der Waals surface area contributed by atoms with Crippen molar-refractivity contribution >= 4 is 11.6 Å². The molecule has 0 spiro atoms. The predicted octanol–water partition coefficient (Wildman–Crippen LogP) is 1.44. The first kappa shape index (κ1) is 14.0. The second-order valence-electron chi connectivity index (χ2n) is 3.73. The van der Waals surface area contributed by atoms with Gasteiger partial charge < -0.3 is 9.30 Å². The van der Waals surface area contributed by atoms with Gasteiger partial charge in [-0.3, -0.25) is 4.90 Å². The van der Waals surface area contributed by atoms with Crippen LogP contribution in [0.25, 0.3) is 0 Å². The number of halogens is 1. The molecule has 1 heterocycles. The molecule has 0 fully saturated rings. The van der Waals surface area contributed by atoms with Crippen molar-refractivity contribution in [3.8, 4) is 6.07 Å². The lowest BCUT2D eigenvalue weighted by Gasteiger charge is -2.20. The Hall–Kier alpha value is -1.09. The number of imidazole rings is 1. The van der Waals surface area contributed by atoms with Gasteiger partial charge in [0, 0.05) is 33.7 Å². The molecule has 0 saturated carbocycles. The molecule has 0 aromatic carbocycles. The zero-order valence-electron chi connectivity index (χ0n) is 10.2. The van der Waals surface area contributed by atoms with Gasteiger partial charge in [0.25, 0.3) is 0 Å². The number of nitrogens with zero attached hydrogens (tertiary/aromatic N) is 4. The zero-order valence-corrected chi connectivity index (χ0v) is 10.9. The molecular weight excluding hydrogens is 240 g/mol. The van der Waals surface area contributed by atoms with Crippen molar-refractivity contribution in [2.75, 3.05) is 26.8 Å². The SMILES string of the molecule is COCCN(CCC#N)Cc1ncc(Cl)n1C. The average Bonchev–Trinajstić information content (AvgIpc) is 2.64. The summed E-state index contributed by atoms with van der Waals surface area (Å²) in [5, 5.41) is 9.23. The van der Waals surface area contributed by atoms with E-state index in [0.717, 1.165) is 12.4 Å². The van der Waals surface area contributed by atoms with Gasteiger partial charge in [0.15, 0.2) is 0 Å². The number of hydrogen-bond acceptors (Lipinski definition) is 4. The van der Waals surface area contributed by atoms with Crippen LogP contribution in [0.5, 0.6) is 0 Å². The topological polar surface area (TPSA) is 54.1 Å². The van der Waals surface area contributed by atoms with Crippen LogP contribution in [0.3, 0.4) is 0 Å². The molecule has 1 aromatic rings. The quantitative estimate of drug-likeness (QED) is 0.741. The minimum Gasteiger partial charge on any atom is -0.383 e. The number of aromatic nitrogens is 2. The number of hydrogen-bond donors (Lipinski definition) is 0. The molecule has 0 aliphatic rings. The average molecular weight is 257 g/mol. The summed E-state index contributed by atoms with van der Waals surface area (Å²) >= 11 is 5.93. The summed E-state index contributed by atoms with van der Waals surface area (Å²) in [6.45, 7) is 2.81. The van der Waals surface area contributed by atoms with Crippen LogP contribution in [0.2, 0.25) is 5.15 Å². The molecule has 0 saturated heterocycles. The monoisotopic (exact) mass is 256 g/mol. The van der Waals surface area contributed by atoms with Gasteiger partial charge >= 0.3 is 0 Å². The summed E-state index contributed by atoms with van der Waals surface area (Å²) < 4.78 is 6.89. The molecule has 0 N–H and O–H groups in total. The molecule has 17 heavy (non-hydrogen) atoms. The van der Waals surface area contributed by atoms with E-state index in [-0.39, 0.29) is 0 Å². The molecule has 0 aliphatic heterocycles. The molecule has 0 unspecified atom stereocenters. The smallest absolute Gasteiger partial charge is 0.128 e. The third-order valence-corrected chi connectivity index (χ3v) is 2.90. The Morgan fingerprint density at radius 2 is 2.35 bits per heavy atom. The van der Waals surface area contributed by atoms with E-state index < -0.39 is 0 Å². The number of nitriles is 1. The second-order valence-corrected chi connectivity index (χ2v) is 4.12. The normalized spacial score (nSPS) is 10.8. The lowest BCUT2D eigenvalue weighted by atomic mass is 10.3. The van der Waals surface area contributed by atoms with Crippen LogP contribution in [0.15, 0.2) is 6.20 Å². The van der Waals surface area contributed by atoms with E-state index in [1.54, 1.807) is 13.3 Å². The second kappa shape index (κ2) is 7.28. The standard InChI is InChI=1S/C11H17ClN4O/c1-15-10(12)8-14-11(15)9-16(5-3-4-13)6-7-17-2/h8H,3,5-7,9H2,1-2H3. The Bertz CT molecular complexity index is 385. The van der Waals surface area contributed by atoms with Crippen molar-refractivity contribution in [3.05, 3.63) is 17.2 Å². The van der Waals surface area contributed by atoms with E-state index in [1.807, 2.05) is 11.6 Å². The van der Waals surface area contributed by atoms with Gasteiger partial charge in [-0.05, 0) is 0 Å². The van der Waals surface area contributed by atoms with Crippen LogP contribution >= 0.6 is 11.6 Å². The van der Waals surface area contributed by atoms with Crippen LogP contribution in [0.4, 0.5) is 0 Å². The highest BCUT2D eigenvalue weighted by Gasteiger charge is 2.10. The van der Waals surface area contributed by atoms with Crippen molar-refractivity contribution in [3.63, 3.8) is 0 Å². The molecule has 0 bridgehead atoms. The molecule has 94 valence electrons. The Morgan fingerprint density at radius 3 is 2.88 bits per heavy atom. The molecular formula is C11H17ClN4O. The maximum atomic E-state index is 8.62. The van der Waals surface area contributed by atoms with Crippen LogP contribution in [0, 0.1) is 11.3 Å². The molecule has 6 heteroatoms. The Labute approximate surface area is 107 Å². The molecule has 5 nitrogen and oxygen atoms in total. The third kappa shape index (κ3) is 4.35. The number of methoxy groups -OCH3 is 1. The lowest BCUT2D eigenvalue weighted by Crippen LogP contribution is -2.29. The van der Waals surface area contributed by atoms with E-state index in [2.05, 4.69) is 16.0 Å². The van der Waals surface area contributed by atoms with E-state index in [1.165, 1.54) is 0 Å². The largest absolute Gasteiger partial charge is 0.383 e. The van der Waals surface area contributed by atoms with E-state index >= 15 is 0 Å². The maximum absolute atomic E-state index is 8.62. The predicted molar refractivity (Wildman–Crippen MR) is 65.6 cm³/mol. The van der Waals surface area contributed by atoms with Crippen molar-refractivity contribution < 1.29 is 4.74 Å². The van der Waals surface area contributed by atoms with Crippen molar-refractivity contribution in [2.45, 2.75) is 13.0 Å². The minimum absolute atomic E-state index is 0.502. The van der Waals surface area contributed by atoms with E-state index in [0.29, 0.717) is 31.3 Å². The molecule has 1 rings (SSSR count). The molecule has 0 radical (unpaired) electrons. The maximum Gasteiger partial charge on any atom is 0.128 e. The van der Waals surface area contributed by atoms with Gasteiger partial charge in [0.2, 0.25) is 0 Å². The highest BCUT2D eigenvalue weighted by molar-refractivity contribution is 6.29. The third-order valence-electron chi connectivity index (χ3n) is 2.54. The summed E-state index contributed by atoms with van der Waals surface area (Å²) in [6, 6.07) is 2.14. The van der Waals surface area contributed by atoms with Gasteiger partial charge in [0.1, 0.15) is 11.0 Å². The molecule has 0 atom stereocenters. The van der Waals surface area contributed by atoms with Crippen molar-refractivity contribution in [1.82, 2.24) is 14.5 Å². The summed E-state index contributed by atoms with van der Waals surface area (Å²) in [5.74, 6) is 0.893. The number of ether oxygens (including phenoxy) is 1. The van der Waals surface area contributed by atoms with Gasteiger partial charge in [-0.15, -0.1) is 0 Å². The number of rotatable bonds is 7. The van der Waals surface area contributed by atoms with E-state index in [9.17, 15) is 0 Å². The van der Waals surface area contributed by atoms with Crippen molar-refractivity contribution in [2.24, 2.45) is 7.05 Å². The van der Waals surface area contributed by atoms with Crippen molar-refractivity contribution in [1.29, 1.82) is 5.26 Å². The zero-order chi connectivity index (χ0) is 12.7. The highest BCUT2D eigenvalue weighted by Crippen LogP contribution is 2.11. The minimum atomic E-state index is 0.502.